The summed E-state index contributed by atoms with van der Waals surface area (Å²) in [5, 5.41) is 0.172. The molecule has 1 amide bonds. The number of nitrogens with zero attached hydrogens (tertiary/aromatic N) is 3. The quantitative estimate of drug-likeness (QED) is 0.822. The Kier molecular flexibility index (Phi) is 3.89. The fraction of sp³-hybridized carbons (Fsp3) is 0.400. The van der Waals surface area contributed by atoms with Crippen molar-refractivity contribution < 1.29 is 13.9 Å². The lowest BCUT2D eigenvalue weighted by molar-refractivity contribution is -0.138. The van der Waals surface area contributed by atoms with Crippen LogP contribution in [-0.2, 0) is 16.1 Å². The zero-order chi connectivity index (χ0) is 15.7. The largest absolute Gasteiger partial charge is 0.375 e. The molecule has 6 nitrogen and oxygen atoms in total. The van der Waals surface area contributed by atoms with Crippen molar-refractivity contribution in [1.82, 2.24) is 14.5 Å². The summed E-state index contributed by atoms with van der Waals surface area (Å²) in [5.41, 5.74) is -0.00532. The molecule has 1 aliphatic heterocycles. The highest BCUT2D eigenvalue weighted by molar-refractivity contribution is 5.79. The van der Waals surface area contributed by atoms with Crippen LogP contribution in [-0.4, -0.2) is 46.2 Å². The normalized spacial score (nSPS) is 18.6. The van der Waals surface area contributed by atoms with Gasteiger partial charge in [-0.05, 0) is 25.1 Å². The van der Waals surface area contributed by atoms with Crippen molar-refractivity contribution in [2.24, 2.45) is 0 Å². The van der Waals surface area contributed by atoms with Gasteiger partial charge in [-0.1, -0.05) is 0 Å². The van der Waals surface area contributed by atoms with Gasteiger partial charge in [-0.15, -0.1) is 0 Å². The molecule has 0 aliphatic carbocycles. The van der Waals surface area contributed by atoms with Crippen molar-refractivity contribution >= 4 is 16.8 Å². The van der Waals surface area contributed by atoms with E-state index in [-0.39, 0.29) is 23.9 Å². The Labute approximate surface area is 126 Å². The van der Waals surface area contributed by atoms with Gasteiger partial charge in [0.15, 0.2) is 0 Å². The molecule has 2 aromatic rings. The molecule has 2 heterocycles. The molecule has 0 bridgehead atoms. The molecular weight excluding hydrogens is 289 g/mol. The van der Waals surface area contributed by atoms with Gasteiger partial charge in [-0.2, -0.15) is 0 Å². The average Bonchev–Trinajstić information content (AvgIpc) is 2.50. The van der Waals surface area contributed by atoms with Gasteiger partial charge in [-0.3, -0.25) is 14.2 Å². The summed E-state index contributed by atoms with van der Waals surface area (Å²) in [5.74, 6) is -0.674. The summed E-state index contributed by atoms with van der Waals surface area (Å²) < 4.78 is 19.9. The summed E-state index contributed by atoms with van der Waals surface area (Å²) in [6.07, 6.45) is 1.31. The van der Waals surface area contributed by atoms with E-state index in [1.807, 2.05) is 6.92 Å². The Morgan fingerprint density at radius 2 is 2.32 bits per heavy atom. The first kappa shape index (κ1) is 14.6. The number of amides is 1. The first-order valence-corrected chi connectivity index (χ1v) is 7.08. The van der Waals surface area contributed by atoms with Gasteiger partial charge in [0.25, 0.3) is 5.56 Å². The van der Waals surface area contributed by atoms with Crippen LogP contribution in [0.2, 0.25) is 0 Å². The smallest absolute Gasteiger partial charge is 0.261 e. The molecule has 1 saturated heterocycles. The Balaban J connectivity index is 1.86. The van der Waals surface area contributed by atoms with Gasteiger partial charge in [0, 0.05) is 13.1 Å². The molecule has 7 heteroatoms. The van der Waals surface area contributed by atoms with E-state index in [4.69, 9.17) is 4.74 Å². The third kappa shape index (κ3) is 2.85. The van der Waals surface area contributed by atoms with Crippen molar-refractivity contribution in [1.29, 1.82) is 0 Å². The van der Waals surface area contributed by atoms with Crippen molar-refractivity contribution in [2.75, 3.05) is 19.7 Å². The molecule has 1 aromatic carbocycles. The molecule has 0 radical (unpaired) electrons. The summed E-state index contributed by atoms with van der Waals surface area (Å²) in [7, 11) is 0. The fourth-order valence-corrected chi connectivity index (χ4v) is 2.53. The Morgan fingerprint density at radius 1 is 1.50 bits per heavy atom. The third-order valence-corrected chi connectivity index (χ3v) is 3.69. The summed E-state index contributed by atoms with van der Waals surface area (Å²) in [4.78, 5) is 30.4. The van der Waals surface area contributed by atoms with Gasteiger partial charge in [0.05, 0.1) is 29.9 Å². The highest BCUT2D eigenvalue weighted by Gasteiger charge is 2.22. The Bertz CT molecular complexity index is 774. The van der Waals surface area contributed by atoms with Crippen LogP contribution in [0.15, 0.2) is 29.3 Å². The maximum Gasteiger partial charge on any atom is 0.261 e. The number of benzene rings is 1. The molecule has 1 atom stereocenters. The lowest BCUT2D eigenvalue weighted by Gasteiger charge is -2.31. The number of carbonyl (C=O) groups is 1. The average molecular weight is 305 g/mol. The first-order valence-electron chi connectivity index (χ1n) is 7.08. The third-order valence-electron chi connectivity index (χ3n) is 3.69. The first-order chi connectivity index (χ1) is 10.5. The van der Waals surface area contributed by atoms with Gasteiger partial charge < -0.3 is 9.64 Å². The molecule has 1 fully saturated rings. The number of morpholine rings is 1. The lowest BCUT2D eigenvalue weighted by atomic mass is 10.2. The minimum absolute atomic E-state index is 0.0155. The van der Waals surface area contributed by atoms with Gasteiger partial charge in [0.2, 0.25) is 5.91 Å². The highest BCUT2D eigenvalue weighted by atomic mass is 19.1. The van der Waals surface area contributed by atoms with E-state index in [0.29, 0.717) is 25.2 Å². The van der Waals surface area contributed by atoms with E-state index >= 15 is 0 Å². The molecule has 22 heavy (non-hydrogen) atoms. The number of halogens is 1. The van der Waals surface area contributed by atoms with E-state index in [9.17, 15) is 14.0 Å². The molecule has 1 aliphatic rings. The second-order valence-electron chi connectivity index (χ2n) is 5.36. The van der Waals surface area contributed by atoms with Gasteiger partial charge in [-0.25, -0.2) is 9.37 Å². The molecule has 3 rings (SSSR count). The van der Waals surface area contributed by atoms with Crippen LogP contribution in [0.4, 0.5) is 4.39 Å². The number of carbonyl (C=O) groups excluding carboxylic acids is 1. The van der Waals surface area contributed by atoms with Crippen molar-refractivity contribution in [2.45, 2.75) is 19.6 Å². The molecule has 0 saturated carbocycles. The maximum absolute atomic E-state index is 13.3. The predicted octanol–water partition coefficient (Wildman–Crippen LogP) is 0.783. The maximum atomic E-state index is 13.3. The minimum Gasteiger partial charge on any atom is -0.375 e. The number of aromatic nitrogens is 2. The summed E-state index contributed by atoms with van der Waals surface area (Å²) >= 11 is 0. The highest BCUT2D eigenvalue weighted by Crippen LogP contribution is 2.09. The van der Waals surface area contributed by atoms with Crippen molar-refractivity contribution in [3.63, 3.8) is 0 Å². The zero-order valence-corrected chi connectivity index (χ0v) is 12.2. The molecule has 0 unspecified atom stereocenters. The lowest BCUT2D eigenvalue weighted by Crippen LogP contribution is -2.46. The standard InChI is InChI=1S/C15H16FN3O3/c1-10-7-18(4-5-22-10)14(20)8-19-9-17-13-3-2-11(16)6-12(13)15(19)21/h2-3,6,9-10H,4-5,7-8H2,1H3/t10-/m1/s1. The van der Waals surface area contributed by atoms with Crippen LogP contribution < -0.4 is 5.56 Å². The van der Waals surface area contributed by atoms with Crippen molar-refractivity contribution in [3.8, 4) is 0 Å². The Hall–Kier alpha value is -2.28. The summed E-state index contributed by atoms with van der Waals surface area (Å²) in [6, 6.07) is 3.84. The topological polar surface area (TPSA) is 64.4 Å². The fourth-order valence-electron chi connectivity index (χ4n) is 2.53. The Morgan fingerprint density at radius 3 is 3.09 bits per heavy atom. The van der Waals surface area contributed by atoms with Crippen molar-refractivity contribution in [3.05, 3.63) is 40.7 Å². The molecular formula is C15H16FN3O3. The second kappa shape index (κ2) is 5.84. The monoisotopic (exact) mass is 305 g/mol. The van der Waals surface area contributed by atoms with Crippen LogP contribution in [0.1, 0.15) is 6.92 Å². The molecule has 0 N–H and O–H groups in total. The van der Waals surface area contributed by atoms with E-state index in [1.54, 1.807) is 4.90 Å². The molecule has 116 valence electrons. The number of ether oxygens (including phenoxy) is 1. The van der Waals surface area contributed by atoms with Crippen LogP contribution in [0.25, 0.3) is 10.9 Å². The minimum atomic E-state index is -0.502. The van der Waals surface area contributed by atoms with Crippen LogP contribution in [0.3, 0.4) is 0 Å². The number of hydrogen-bond acceptors (Lipinski definition) is 4. The number of hydrogen-bond donors (Lipinski definition) is 0. The van der Waals surface area contributed by atoms with Gasteiger partial charge in [0.1, 0.15) is 12.4 Å². The van der Waals surface area contributed by atoms with E-state index in [2.05, 4.69) is 4.98 Å². The second-order valence-corrected chi connectivity index (χ2v) is 5.36. The van der Waals surface area contributed by atoms with Crippen LogP contribution in [0, 0.1) is 5.82 Å². The predicted molar refractivity (Wildman–Crippen MR) is 78.0 cm³/mol. The van der Waals surface area contributed by atoms with E-state index in [1.165, 1.54) is 23.0 Å². The molecule has 1 aromatic heterocycles. The van der Waals surface area contributed by atoms with Crippen LogP contribution >= 0.6 is 0 Å². The number of rotatable bonds is 2. The van der Waals surface area contributed by atoms with Crippen LogP contribution in [0.5, 0.6) is 0 Å². The molecule has 0 spiro atoms. The van der Waals surface area contributed by atoms with E-state index in [0.717, 1.165) is 6.07 Å². The SMILES string of the molecule is C[C@@H]1CN(C(=O)Cn2cnc3ccc(F)cc3c2=O)CCO1. The summed E-state index contributed by atoms with van der Waals surface area (Å²) in [6.45, 7) is 3.29. The zero-order valence-electron chi connectivity index (χ0n) is 12.2. The van der Waals surface area contributed by atoms with E-state index < -0.39 is 11.4 Å². The number of fused-ring (bicyclic) bond motifs is 1. The van der Waals surface area contributed by atoms with Gasteiger partial charge >= 0.3 is 0 Å².